The molecule has 0 saturated heterocycles. The summed E-state index contributed by atoms with van der Waals surface area (Å²) < 4.78 is 11.7. The van der Waals surface area contributed by atoms with Crippen molar-refractivity contribution in [1.82, 2.24) is 0 Å². The van der Waals surface area contributed by atoms with Crippen LogP contribution in [0.4, 0.5) is 0 Å². The van der Waals surface area contributed by atoms with Crippen LogP contribution < -0.4 is 9.47 Å². The summed E-state index contributed by atoms with van der Waals surface area (Å²) in [4.78, 5) is 9.01. The van der Waals surface area contributed by atoms with Crippen LogP contribution in [0.1, 0.15) is 160 Å². The first-order chi connectivity index (χ1) is 23.0. The first kappa shape index (κ1) is 40.2. The van der Waals surface area contributed by atoms with Crippen molar-refractivity contribution in [3.63, 3.8) is 0 Å². The van der Waals surface area contributed by atoms with Crippen molar-refractivity contribution in [3.8, 4) is 23.0 Å². The summed E-state index contributed by atoms with van der Waals surface area (Å²) in [5, 5.41) is 20.9. The fourth-order valence-corrected chi connectivity index (χ4v) is 5.56. The molecule has 2 aromatic rings. The monoisotopic (exact) mass is 651 g/mol. The van der Waals surface area contributed by atoms with Gasteiger partial charge in [-0.15, -0.1) is 0 Å². The lowest BCUT2D eigenvalue weighted by molar-refractivity contribution is 0.302. The molecule has 0 fully saturated rings. The van der Waals surface area contributed by atoms with Crippen LogP contribution in [-0.2, 0) is 0 Å². The van der Waals surface area contributed by atoms with Gasteiger partial charge in [-0.25, -0.2) is 0 Å². The molecular weight excluding hydrogens is 584 g/mol. The van der Waals surface area contributed by atoms with E-state index in [-0.39, 0.29) is 17.5 Å². The van der Waals surface area contributed by atoms with Gasteiger partial charge < -0.3 is 19.7 Å². The molecular formula is C41H66N2O4. The van der Waals surface area contributed by atoms with Crippen LogP contribution in [0.15, 0.2) is 46.4 Å². The van der Waals surface area contributed by atoms with E-state index in [0.717, 1.165) is 12.8 Å². The number of hydrogen-bond acceptors (Lipinski definition) is 6. The van der Waals surface area contributed by atoms with E-state index in [0.29, 0.717) is 42.4 Å². The van der Waals surface area contributed by atoms with E-state index >= 15 is 0 Å². The van der Waals surface area contributed by atoms with Crippen molar-refractivity contribution in [1.29, 1.82) is 0 Å². The number of nitrogens with zero attached hydrogens (tertiary/aromatic N) is 2. The molecule has 0 aliphatic carbocycles. The molecule has 6 heteroatoms. The van der Waals surface area contributed by atoms with Gasteiger partial charge in [0.05, 0.1) is 25.8 Å². The van der Waals surface area contributed by atoms with Gasteiger partial charge in [0.2, 0.25) is 0 Å². The molecule has 0 saturated carbocycles. The highest BCUT2D eigenvalue weighted by Gasteiger charge is 2.05. The molecule has 0 aromatic heterocycles. The third-order valence-electron chi connectivity index (χ3n) is 8.61. The Bertz CT molecular complexity index is 1120. The molecule has 0 aliphatic heterocycles. The predicted molar refractivity (Wildman–Crippen MR) is 200 cm³/mol. The topological polar surface area (TPSA) is 83.6 Å². The summed E-state index contributed by atoms with van der Waals surface area (Å²) in [6.45, 7) is 8.30. The van der Waals surface area contributed by atoms with Crippen molar-refractivity contribution >= 4 is 12.4 Å². The van der Waals surface area contributed by atoms with Crippen LogP contribution in [0.5, 0.6) is 23.0 Å². The zero-order valence-corrected chi connectivity index (χ0v) is 30.1. The summed E-state index contributed by atoms with van der Waals surface area (Å²) in [7, 11) is 0. The molecule has 47 heavy (non-hydrogen) atoms. The molecule has 0 heterocycles. The molecule has 2 N–H and O–H groups in total. The van der Waals surface area contributed by atoms with E-state index in [2.05, 4.69) is 23.8 Å². The normalized spacial score (nSPS) is 12.3. The third-order valence-corrected chi connectivity index (χ3v) is 8.61. The molecule has 1 atom stereocenters. The summed E-state index contributed by atoms with van der Waals surface area (Å²) in [6.07, 6.45) is 29.3. The summed E-state index contributed by atoms with van der Waals surface area (Å²) in [5.74, 6) is 1.68. The largest absolute Gasteiger partial charge is 0.507 e. The maximum absolute atomic E-state index is 10.5. The minimum atomic E-state index is -0.0799. The molecule has 0 bridgehead atoms. The van der Waals surface area contributed by atoms with Crippen molar-refractivity contribution in [2.24, 2.45) is 9.98 Å². The highest BCUT2D eigenvalue weighted by molar-refractivity contribution is 5.84. The Kier molecular flexibility index (Phi) is 23.1. The average Bonchev–Trinajstić information content (AvgIpc) is 3.06. The Morgan fingerprint density at radius 2 is 0.936 bits per heavy atom. The maximum Gasteiger partial charge on any atom is 0.128 e. The first-order valence-electron chi connectivity index (χ1n) is 19.0. The van der Waals surface area contributed by atoms with Crippen molar-refractivity contribution < 1.29 is 19.7 Å². The van der Waals surface area contributed by atoms with Crippen molar-refractivity contribution in [2.75, 3.05) is 19.8 Å². The summed E-state index contributed by atoms with van der Waals surface area (Å²) in [5.41, 5.74) is 1.30. The van der Waals surface area contributed by atoms with Crippen LogP contribution in [0.2, 0.25) is 0 Å². The zero-order valence-electron chi connectivity index (χ0n) is 30.1. The predicted octanol–water partition coefficient (Wildman–Crippen LogP) is 11.6. The third kappa shape index (κ3) is 20.1. The van der Waals surface area contributed by atoms with Crippen LogP contribution in [0, 0.1) is 0 Å². The molecule has 0 unspecified atom stereocenters. The van der Waals surface area contributed by atoms with E-state index in [4.69, 9.17) is 9.47 Å². The number of aromatic hydroxyl groups is 2. The fraction of sp³-hybridized carbons (Fsp3) is 0.659. The molecule has 0 aliphatic rings. The van der Waals surface area contributed by atoms with Crippen LogP contribution in [0.3, 0.4) is 0 Å². The second-order valence-electron chi connectivity index (χ2n) is 13.1. The van der Waals surface area contributed by atoms with Gasteiger partial charge in [-0.2, -0.15) is 0 Å². The minimum Gasteiger partial charge on any atom is -0.507 e. The number of unbranched alkanes of at least 4 members (excludes halogenated alkanes) is 18. The van der Waals surface area contributed by atoms with Crippen molar-refractivity contribution in [2.45, 2.75) is 155 Å². The molecule has 0 spiro atoms. The second kappa shape index (κ2) is 27.0. The van der Waals surface area contributed by atoms with Gasteiger partial charge in [-0.3, -0.25) is 9.98 Å². The molecule has 2 rings (SSSR count). The Balaban J connectivity index is 1.60. The van der Waals surface area contributed by atoms with E-state index < -0.39 is 0 Å². The number of aliphatic imine (C=N–C) groups is 2. The lowest BCUT2D eigenvalue weighted by Gasteiger charge is -2.09. The number of ether oxygens (including phenoxy) is 2. The van der Waals surface area contributed by atoms with Gasteiger partial charge in [0, 0.05) is 35.7 Å². The van der Waals surface area contributed by atoms with Gasteiger partial charge in [0.25, 0.3) is 0 Å². The van der Waals surface area contributed by atoms with Crippen LogP contribution in [0.25, 0.3) is 0 Å². The molecule has 6 nitrogen and oxygen atoms in total. The molecule has 0 radical (unpaired) electrons. The van der Waals surface area contributed by atoms with Gasteiger partial charge >= 0.3 is 0 Å². The maximum atomic E-state index is 10.5. The smallest absolute Gasteiger partial charge is 0.128 e. The summed E-state index contributed by atoms with van der Waals surface area (Å²) in [6, 6.07) is 10.7. The quantitative estimate of drug-likeness (QED) is 0.0678. The standard InChI is InChI=1S/C41H66N2O4/c1-4-6-8-10-12-14-16-18-20-22-28-46-38-26-24-36(40(44)30-38)33-42-32-35(3)43-34-37-25-27-39(31-41(37)45)47-29-23-21-19-17-15-13-11-9-7-5-2/h24-27,30-31,33-35,44-45H,4-23,28-29,32H2,1-3H3/t35-/m1/s1. The minimum absolute atomic E-state index is 0.0799. The first-order valence-corrected chi connectivity index (χ1v) is 19.0. The Hall–Kier alpha value is -3.02. The summed E-state index contributed by atoms with van der Waals surface area (Å²) >= 11 is 0. The molecule has 2 aromatic carbocycles. The van der Waals surface area contributed by atoms with Gasteiger partial charge in [0.15, 0.2) is 0 Å². The zero-order chi connectivity index (χ0) is 33.8. The van der Waals surface area contributed by atoms with Gasteiger partial charge in [0.1, 0.15) is 23.0 Å². The van der Waals surface area contributed by atoms with E-state index in [9.17, 15) is 10.2 Å². The van der Waals surface area contributed by atoms with Gasteiger partial charge in [-0.1, -0.05) is 129 Å². The number of phenolic OH excluding ortho intramolecular Hbond substituents is 2. The van der Waals surface area contributed by atoms with Gasteiger partial charge in [-0.05, 0) is 44.0 Å². The highest BCUT2D eigenvalue weighted by Crippen LogP contribution is 2.24. The van der Waals surface area contributed by atoms with E-state index in [1.54, 1.807) is 24.6 Å². The molecule has 0 amide bonds. The lowest BCUT2D eigenvalue weighted by atomic mass is 10.1. The SMILES string of the molecule is CCCCCCCCCCCCOc1ccc(C=NC[C@@H](C)N=Cc2ccc(OCCCCCCCCCCCC)cc2O)c(O)c1. The van der Waals surface area contributed by atoms with Crippen LogP contribution in [-0.4, -0.2) is 48.4 Å². The number of hydrogen-bond donors (Lipinski definition) is 2. The van der Waals surface area contributed by atoms with E-state index in [1.165, 1.54) is 116 Å². The lowest BCUT2D eigenvalue weighted by Crippen LogP contribution is -2.04. The number of benzene rings is 2. The Morgan fingerprint density at radius 1 is 0.553 bits per heavy atom. The fourth-order valence-electron chi connectivity index (χ4n) is 5.56. The highest BCUT2D eigenvalue weighted by atomic mass is 16.5. The number of rotatable bonds is 29. The molecule has 264 valence electrons. The van der Waals surface area contributed by atoms with Crippen molar-refractivity contribution in [3.05, 3.63) is 47.5 Å². The Labute approximate surface area is 287 Å². The Morgan fingerprint density at radius 3 is 1.34 bits per heavy atom. The second-order valence-corrected chi connectivity index (χ2v) is 13.1. The van der Waals surface area contributed by atoms with Crippen LogP contribution >= 0.6 is 0 Å². The number of phenols is 2. The van der Waals surface area contributed by atoms with E-state index in [1.807, 2.05) is 31.2 Å². The average molecular weight is 651 g/mol.